The molecule has 2 N–H and O–H groups in total. The number of carbonyl (C=O) groups is 2. The number of hydrogen-bond donors (Lipinski definition) is 2. The summed E-state index contributed by atoms with van der Waals surface area (Å²) in [6, 6.07) is 1.16. The molecule has 30 heavy (non-hydrogen) atoms. The molecule has 0 aliphatic carbocycles. The number of nitrogens with one attached hydrogen (secondary N) is 1. The van der Waals surface area contributed by atoms with Crippen LogP contribution < -0.4 is 4.90 Å². The minimum atomic E-state index is -4.91. The van der Waals surface area contributed by atoms with E-state index < -0.39 is 46.8 Å². The van der Waals surface area contributed by atoms with Gasteiger partial charge in [-0.2, -0.15) is 13.2 Å². The molecule has 164 valence electrons. The van der Waals surface area contributed by atoms with Crippen molar-refractivity contribution in [3.8, 4) is 5.75 Å². The van der Waals surface area contributed by atoms with Gasteiger partial charge in [0.25, 0.3) is 0 Å². The summed E-state index contributed by atoms with van der Waals surface area (Å²) >= 11 is 6.05. The van der Waals surface area contributed by atoms with Gasteiger partial charge in [0.15, 0.2) is 0 Å². The summed E-state index contributed by atoms with van der Waals surface area (Å²) in [6.07, 6.45) is -5.66. The Morgan fingerprint density at radius 3 is 2.47 bits per heavy atom. The smallest absolute Gasteiger partial charge is 0.432 e. The molecule has 0 unspecified atom stereocenters. The number of nitrogens with zero attached hydrogens (tertiary/aromatic N) is 1. The number of fused-ring (bicyclic) bond motifs is 3. The van der Waals surface area contributed by atoms with Crippen LogP contribution in [0, 0.1) is 0 Å². The van der Waals surface area contributed by atoms with Crippen molar-refractivity contribution in [2.24, 2.45) is 0 Å². The van der Waals surface area contributed by atoms with Crippen LogP contribution in [0.15, 0.2) is 6.07 Å². The Labute approximate surface area is 174 Å². The van der Waals surface area contributed by atoms with Gasteiger partial charge in [-0.05, 0) is 26.3 Å². The molecule has 0 fully saturated rings. The fraction of sp³-hybridized carbons (Fsp3) is 0.474. The van der Waals surface area contributed by atoms with Crippen LogP contribution in [0.1, 0.15) is 48.3 Å². The van der Waals surface area contributed by atoms with Gasteiger partial charge in [0, 0.05) is 29.8 Å². The van der Waals surface area contributed by atoms with Crippen LogP contribution in [-0.2, 0) is 15.7 Å². The summed E-state index contributed by atoms with van der Waals surface area (Å²) < 4.78 is 50.7. The van der Waals surface area contributed by atoms with Crippen LogP contribution in [0.5, 0.6) is 5.75 Å². The first-order valence-electron chi connectivity index (χ1n) is 8.93. The third kappa shape index (κ3) is 3.64. The molecule has 1 aromatic carbocycles. The number of phenols is 1. The van der Waals surface area contributed by atoms with E-state index in [4.69, 9.17) is 16.3 Å². The number of ether oxygens (including phenoxy) is 2. The van der Waals surface area contributed by atoms with Gasteiger partial charge < -0.3 is 19.6 Å². The number of benzene rings is 1. The van der Waals surface area contributed by atoms with Crippen molar-refractivity contribution in [3.63, 3.8) is 0 Å². The lowest BCUT2D eigenvalue weighted by Gasteiger charge is -2.25. The lowest BCUT2D eigenvalue weighted by Crippen LogP contribution is -2.36. The first kappa shape index (κ1) is 22.1. The van der Waals surface area contributed by atoms with Gasteiger partial charge >= 0.3 is 18.2 Å². The van der Waals surface area contributed by atoms with Crippen molar-refractivity contribution in [1.82, 2.24) is 4.98 Å². The van der Waals surface area contributed by atoms with E-state index in [1.165, 1.54) is 4.90 Å². The number of aromatic nitrogens is 1. The van der Waals surface area contributed by atoms with Gasteiger partial charge in [0.05, 0.1) is 23.9 Å². The molecule has 0 saturated carbocycles. The largest absolute Gasteiger partial charge is 0.506 e. The third-order valence-corrected chi connectivity index (χ3v) is 5.02. The number of esters is 1. The molecule has 0 bridgehead atoms. The second-order valence-corrected chi connectivity index (χ2v) is 8.19. The predicted molar refractivity (Wildman–Crippen MR) is 103 cm³/mol. The van der Waals surface area contributed by atoms with Crippen LogP contribution >= 0.6 is 11.6 Å². The molecule has 7 nitrogen and oxygen atoms in total. The standard InChI is InChI=1S/C19H20ClF3N2O5/c1-18(2,3)30-17(28)25-7-8(6-20)11-9(25)5-10(26)14-12(11)13(16(27)29-4)15(24-14)19(21,22)23/h5,8,24,26H,6-7H2,1-4H3/t8-/m1/s1. The Bertz CT molecular complexity index is 1030. The maximum atomic E-state index is 13.6. The van der Waals surface area contributed by atoms with Crippen molar-refractivity contribution in [2.45, 2.75) is 38.5 Å². The minimum absolute atomic E-state index is 0.0133. The summed E-state index contributed by atoms with van der Waals surface area (Å²) in [5.74, 6) is -2.43. The molecule has 2 heterocycles. The van der Waals surface area contributed by atoms with E-state index in [0.717, 1.165) is 13.2 Å². The number of hydrogen-bond acceptors (Lipinski definition) is 5. The zero-order valence-corrected chi connectivity index (χ0v) is 17.4. The molecule has 2 aromatic rings. The molecule has 3 rings (SSSR count). The van der Waals surface area contributed by atoms with E-state index >= 15 is 0 Å². The number of rotatable bonds is 2. The highest BCUT2D eigenvalue weighted by Gasteiger charge is 2.44. The highest BCUT2D eigenvalue weighted by Crippen LogP contribution is 2.49. The number of H-pyrrole nitrogens is 1. The Morgan fingerprint density at radius 1 is 1.33 bits per heavy atom. The Hall–Kier alpha value is -2.62. The normalized spacial score (nSPS) is 16.7. The lowest BCUT2D eigenvalue weighted by atomic mass is 9.95. The quantitative estimate of drug-likeness (QED) is 0.510. The number of aromatic hydroxyl groups is 1. The highest BCUT2D eigenvalue weighted by molar-refractivity contribution is 6.19. The van der Waals surface area contributed by atoms with E-state index in [0.29, 0.717) is 0 Å². The van der Waals surface area contributed by atoms with Crippen molar-refractivity contribution < 1.29 is 37.3 Å². The molecule has 0 saturated heterocycles. The SMILES string of the molecule is COC(=O)c1c(C(F)(F)F)[nH]c2c(O)cc3c(c12)[C@H](CCl)CN3C(=O)OC(C)(C)C. The van der Waals surface area contributed by atoms with Gasteiger partial charge in [-0.15, -0.1) is 11.6 Å². The molecule has 1 aliphatic heterocycles. The summed E-state index contributed by atoms with van der Waals surface area (Å²) in [5, 5.41) is 10.2. The van der Waals surface area contributed by atoms with Crippen molar-refractivity contribution in [2.75, 3.05) is 24.4 Å². The molecule has 0 radical (unpaired) electrons. The van der Waals surface area contributed by atoms with Gasteiger partial charge in [-0.3, -0.25) is 4.90 Å². The number of carbonyl (C=O) groups excluding carboxylic acids is 2. The van der Waals surface area contributed by atoms with Crippen LogP contribution in [0.3, 0.4) is 0 Å². The first-order valence-corrected chi connectivity index (χ1v) is 9.47. The maximum Gasteiger partial charge on any atom is 0.432 e. The molecule has 0 spiro atoms. The van der Waals surface area contributed by atoms with Crippen molar-refractivity contribution >= 4 is 40.3 Å². The van der Waals surface area contributed by atoms with Crippen molar-refractivity contribution in [3.05, 3.63) is 22.9 Å². The molecular formula is C19H20ClF3N2O5. The van der Waals surface area contributed by atoms with Gasteiger partial charge in [-0.25, -0.2) is 9.59 Å². The number of amides is 1. The Balaban J connectivity index is 2.34. The molecule has 1 aliphatic rings. The second-order valence-electron chi connectivity index (χ2n) is 7.89. The summed E-state index contributed by atoms with van der Waals surface area (Å²) in [4.78, 5) is 28.3. The van der Waals surface area contributed by atoms with E-state index in [1.807, 2.05) is 0 Å². The number of anilines is 1. The average Bonchev–Trinajstić information content (AvgIpc) is 3.18. The van der Waals surface area contributed by atoms with Gasteiger partial charge in [0.1, 0.15) is 17.0 Å². The fourth-order valence-corrected chi connectivity index (χ4v) is 3.80. The van der Waals surface area contributed by atoms with Gasteiger partial charge in [0.2, 0.25) is 0 Å². The summed E-state index contributed by atoms with van der Waals surface area (Å²) in [5.41, 5.74) is -2.88. The first-order chi connectivity index (χ1) is 13.8. The lowest BCUT2D eigenvalue weighted by molar-refractivity contribution is -0.141. The van der Waals surface area contributed by atoms with E-state index in [-0.39, 0.29) is 34.6 Å². The maximum absolute atomic E-state index is 13.6. The second kappa shape index (κ2) is 7.26. The number of aromatic amines is 1. The third-order valence-electron chi connectivity index (χ3n) is 4.65. The highest BCUT2D eigenvalue weighted by atomic mass is 35.5. The topological polar surface area (TPSA) is 91.9 Å². The predicted octanol–water partition coefficient (Wildman–Crippen LogP) is 4.76. The molecular weight excluding hydrogens is 429 g/mol. The van der Waals surface area contributed by atoms with Crippen molar-refractivity contribution in [1.29, 1.82) is 0 Å². The minimum Gasteiger partial charge on any atom is -0.506 e. The Kier molecular flexibility index (Phi) is 5.34. The number of halogens is 4. The van der Waals surface area contributed by atoms with E-state index in [9.17, 15) is 27.9 Å². The van der Waals surface area contributed by atoms with Crippen LogP contribution in [0.2, 0.25) is 0 Å². The number of methoxy groups -OCH3 is 1. The zero-order chi connectivity index (χ0) is 22.6. The zero-order valence-electron chi connectivity index (χ0n) is 16.6. The number of alkyl halides is 4. The van der Waals surface area contributed by atoms with E-state index in [1.54, 1.807) is 20.8 Å². The summed E-state index contributed by atoms with van der Waals surface area (Å²) in [7, 11) is 0.955. The molecule has 1 aromatic heterocycles. The molecule has 1 amide bonds. The monoisotopic (exact) mass is 448 g/mol. The summed E-state index contributed by atoms with van der Waals surface area (Å²) in [6.45, 7) is 5.01. The van der Waals surface area contributed by atoms with E-state index in [2.05, 4.69) is 9.72 Å². The van der Waals surface area contributed by atoms with Gasteiger partial charge in [-0.1, -0.05) is 0 Å². The molecule has 1 atom stereocenters. The number of phenolic OH excluding ortho intramolecular Hbond substituents is 1. The van der Waals surface area contributed by atoms with Crippen LogP contribution in [-0.4, -0.2) is 47.3 Å². The van der Waals surface area contributed by atoms with Crippen LogP contribution in [0.25, 0.3) is 10.9 Å². The van der Waals surface area contributed by atoms with Crippen LogP contribution in [0.4, 0.5) is 23.7 Å². The molecule has 11 heteroatoms. The average molecular weight is 449 g/mol. The fourth-order valence-electron chi connectivity index (χ4n) is 3.55. The Morgan fingerprint density at radius 2 is 1.97 bits per heavy atom.